The number of carbonyl (C=O) groups is 1. The fraction of sp³-hybridized carbons (Fsp3) is 0.353. The number of nitrogens with zero attached hydrogens (tertiary/aromatic N) is 5. The van der Waals surface area contributed by atoms with Gasteiger partial charge in [-0.3, -0.25) is 14.2 Å². The van der Waals surface area contributed by atoms with Gasteiger partial charge in [0.1, 0.15) is 12.9 Å². The van der Waals surface area contributed by atoms with Gasteiger partial charge >= 0.3 is 0 Å². The summed E-state index contributed by atoms with van der Waals surface area (Å²) in [5, 5.41) is 10.8. The zero-order valence-corrected chi connectivity index (χ0v) is 14.5. The van der Waals surface area contributed by atoms with E-state index in [1.807, 2.05) is 32.9 Å². The quantitative estimate of drug-likeness (QED) is 0.751. The van der Waals surface area contributed by atoms with Gasteiger partial charge in [0.05, 0.1) is 5.69 Å². The van der Waals surface area contributed by atoms with Crippen molar-refractivity contribution in [2.75, 3.05) is 6.54 Å². The molecular weight excluding hydrogens is 320 g/mol. The first kappa shape index (κ1) is 16.8. The molecule has 3 rings (SSSR count). The number of hydrogen-bond acceptors (Lipinski definition) is 5. The summed E-state index contributed by atoms with van der Waals surface area (Å²) in [5.41, 5.74) is 3.10. The van der Waals surface area contributed by atoms with E-state index in [1.165, 1.54) is 15.6 Å². The van der Waals surface area contributed by atoms with E-state index in [1.54, 1.807) is 0 Å². The molecule has 1 amide bonds. The third-order valence-electron chi connectivity index (χ3n) is 3.77. The van der Waals surface area contributed by atoms with Crippen molar-refractivity contribution in [2.45, 2.75) is 33.7 Å². The summed E-state index contributed by atoms with van der Waals surface area (Å²) in [6, 6.07) is 5.96. The molecule has 0 saturated heterocycles. The van der Waals surface area contributed by atoms with Crippen molar-refractivity contribution in [1.29, 1.82) is 0 Å². The van der Waals surface area contributed by atoms with Gasteiger partial charge in [-0.15, -0.1) is 5.10 Å². The molecule has 8 nitrogen and oxygen atoms in total. The minimum Gasteiger partial charge on any atom is -0.355 e. The van der Waals surface area contributed by atoms with Crippen molar-refractivity contribution < 1.29 is 4.79 Å². The van der Waals surface area contributed by atoms with Crippen molar-refractivity contribution in [3.05, 3.63) is 46.0 Å². The van der Waals surface area contributed by atoms with Crippen molar-refractivity contribution in [1.82, 2.24) is 29.9 Å². The first-order chi connectivity index (χ1) is 12.0. The topological polar surface area (TPSA) is 94.7 Å². The van der Waals surface area contributed by atoms with Gasteiger partial charge in [0, 0.05) is 6.54 Å². The summed E-state index contributed by atoms with van der Waals surface area (Å²) >= 11 is 0. The predicted molar refractivity (Wildman–Crippen MR) is 93.7 cm³/mol. The Labute approximate surface area is 144 Å². The summed E-state index contributed by atoms with van der Waals surface area (Å²) in [6.07, 6.45) is 2.20. The van der Waals surface area contributed by atoms with Crippen LogP contribution in [0.3, 0.4) is 0 Å². The van der Waals surface area contributed by atoms with Gasteiger partial charge in [-0.05, 0) is 43.5 Å². The van der Waals surface area contributed by atoms with Crippen LogP contribution in [0.1, 0.15) is 24.5 Å². The Morgan fingerprint density at radius 1 is 1.20 bits per heavy atom. The minimum absolute atomic E-state index is 0.0851. The summed E-state index contributed by atoms with van der Waals surface area (Å²) in [4.78, 5) is 28.7. The van der Waals surface area contributed by atoms with Gasteiger partial charge in [0.2, 0.25) is 5.91 Å². The third-order valence-corrected chi connectivity index (χ3v) is 3.77. The lowest BCUT2D eigenvalue weighted by Crippen LogP contribution is -2.32. The molecule has 0 aliphatic rings. The normalized spacial score (nSPS) is 11.0. The van der Waals surface area contributed by atoms with Crippen molar-refractivity contribution in [2.24, 2.45) is 0 Å². The second-order valence-electron chi connectivity index (χ2n) is 6.05. The Bertz CT molecular complexity index is 968. The minimum atomic E-state index is -0.382. The van der Waals surface area contributed by atoms with Gasteiger partial charge in [0.15, 0.2) is 11.2 Å². The van der Waals surface area contributed by atoms with E-state index in [4.69, 9.17) is 0 Å². The van der Waals surface area contributed by atoms with E-state index in [0.29, 0.717) is 12.2 Å². The maximum Gasteiger partial charge on any atom is 0.284 e. The molecule has 0 bridgehead atoms. The Morgan fingerprint density at radius 3 is 2.60 bits per heavy atom. The fourth-order valence-electron chi connectivity index (χ4n) is 2.68. The second-order valence-corrected chi connectivity index (χ2v) is 6.05. The molecule has 0 radical (unpaired) electrons. The molecule has 1 N–H and O–H groups in total. The Balaban J connectivity index is 1.99. The fourth-order valence-corrected chi connectivity index (χ4v) is 2.68. The van der Waals surface area contributed by atoms with Crippen LogP contribution in [0, 0.1) is 13.8 Å². The van der Waals surface area contributed by atoms with Crippen LogP contribution in [-0.4, -0.2) is 37.0 Å². The number of hydrogen-bond donors (Lipinski definition) is 1. The average Bonchev–Trinajstić information content (AvgIpc) is 2.99. The number of nitrogens with one attached hydrogen (secondary N) is 1. The number of amides is 1. The lowest BCUT2D eigenvalue weighted by molar-refractivity contribution is -0.121. The zero-order chi connectivity index (χ0) is 18.0. The molecule has 0 fully saturated rings. The SMILES string of the molecule is CCCNC(=O)Cn1cnc2c(nnn2-c2cc(C)cc(C)c2)c1=O. The Hall–Kier alpha value is -3.03. The van der Waals surface area contributed by atoms with Crippen LogP contribution in [0.2, 0.25) is 0 Å². The first-order valence-electron chi connectivity index (χ1n) is 8.16. The number of benzene rings is 1. The van der Waals surface area contributed by atoms with Crippen LogP contribution in [0.15, 0.2) is 29.3 Å². The molecule has 0 atom stereocenters. The van der Waals surface area contributed by atoms with E-state index >= 15 is 0 Å². The van der Waals surface area contributed by atoms with Gasteiger partial charge in [0.25, 0.3) is 5.56 Å². The second kappa shape index (κ2) is 6.84. The average molecular weight is 340 g/mol. The highest BCUT2D eigenvalue weighted by atomic mass is 16.2. The molecule has 130 valence electrons. The molecule has 25 heavy (non-hydrogen) atoms. The molecular formula is C17H20N6O2. The van der Waals surface area contributed by atoms with Crippen LogP contribution < -0.4 is 10.9 Å². The van der Waals surface area contributed by atoms with Crippen LogP contribution >= 0.6 is 0 Å². The van der Waals surface area contributed by atoms with E-state index in [2.05, 4.69) is 26.7 Å². The third kappa shape index (κ3) is 3.42. The van der Waals surface area contributed by atoms with Crippen molar-refractivity contribution >= 4 is 17.1 Å². The smallest absolute Gasteiger partial charge is 0.284 e. The highest BCUT2D eigenvalue weighted by molar-refractivity contribution is 5.76. The number of rotatable bonds is 5. The monoisotopic (exact) mass is 340 g/mol. The molecule has 3 aromatic rings. The number of aromatic nitrogens is 5. The van der Waals surface area contributed by atoms with Gasteiger partial charge in [-0.1, -0.05) is 18.2 Å². The van der Waals surface area contributed by atoms with Crippen LogP contribution in [-0.2, 0) is 11.3 Å². The number of aryl methyl sites for hydroxylation is 2. The Morgan fingerprint density at radius 2 is 1.92 bits per heavy atom. The zero-order valence-electron chi connectivity index (χ0n) is 14.5. The number of fused-ring (bicyclic) bond motifs is 1. The van der Waals surface area contributed by atoms with E-state index in [0.717, 1.165) is 23.2 Å². The first-order valence-corrected chi connectivity index (χ1v) is 8.16. The highest BCUT2D eigenvalue weighted by Crippen LogP contribution is 2.15. The van der Waals surface area contributed by atoms with Crippen molar-refractivity contribution in [3.8, 4) is 5.69 Å². The van der Waals surface area contributed by atoms with Gasteiger partial charge in [-0.25, -0.2) is 4.98 Å². The van der Waals surface area contributed by atoms with Crippen LogP contribution in [0.4, 0.5) is 0 Å². The molecule has 0 spiro atoms. The largest absolute Gasteiger partial charge is 0.355 e. The molecule has 2 aromatic heterocycles. The molecule has 0 saturated carbocycles. The summed E-state index contributed by atoms with van der Waals surface area (Å²) in [6.45, 7) is 6.44. The molecule has 1 aromatic carbocycles. The molecule has 0 aliphatic heterocycles. The van der Waals surface area contributed by atoms with Crippen molar-refractivity contribution in [3.63, 3.8) is 0 Å². The van der Waals surface area contributed by atoms with Gasteiger partial charge in [-0.2, -0.15) is 4.68 Å². The molecule has 8 heteroatoms. The summed E-state index contributed by atoms with van der Waals surface area (Å²) in [7, 11) is 0. The molecule has 2 heterocycles. The van der Waals surface area contributed by atoms with E-state index < -0.39 is 0 Å². The predicted octanol–water partition coefficient (Wildman–Crippen LogP) is 1.12. The summed E-state index contributed by atoms with van der Waals surface area (Å²) < 4.78 is 2.78. The molecule has 0 aliphatic carbocycles. The van der Waals surface area contributed by atoms with Crippen LogP contribution in [0.25, 0.3) is 16.9 Å². The van der Waals surface area contributed by atoms with Crippen LogP contribution in [0.5, 0.6) is 0 Å². The summed E-state index contributed by atoms with van der Waals surface area (Å²) in [5.74, 6) is -0.230. The standard InChI is InChI=1S/C17H20N6O2/c1-4-5-18-14(24)9-22-10-19-16-15(17(22)25)20-21-23(16)13-7-11(2)6-12(3)8-13/h6-8,10H,4-5,9H2,1-3H3,(H,18,24). The van der Waals surface area contributed by atoms with E-state index in [-0.39, 0.29) is 23.5 Å². The molecule has 0 unspecified atom stereocenters. The highest BCUT2D eigenvalue weighted by Gasteiger charge is 2.15. The lowest BCUT2D eigenvalue weighted by atomic mass is 10.1. The number of carbonyl (C=O) groups excluding carboxylic acids is 1. The maximum atomic E-state index is 12.5. The lowest BCUT2D eigenvalue weighted by Gasteiger charge is -2.07. The maximum absolute atomic E-state index is 12.5. The Kier molecular flexibility index (Phi) is 4.60. The van der Waals surface area contributed by atoms with E-state index in [9.17, 15) is 9.59 Å². The van der Waals surface area contributed by atoms with Gasteiger partial charge < -0.3 is 5.32 Å².